The molecule has 14 heteroatoms. The van der Waals surface area contributed by atoms with Crippen molar-refractivity contribution in [2.75, 3.05) is 5.32 Å². The van der Waals surface area contributed by atoms with Crippen molar-refractivity contribution < 1.29 is 31.5 Å². The van der Waals surface area contributed by atoms with Crippen LogP contribution in [0, 0.1) is 11.6 Å². The van der Waals surface area contributed by atoms with Crippen molar-refractivity contribution in [3.05, 3.63) is 90.3 Å². The van der Waals surface area contributed by atoms with Crippen LogP contribution in [-0.4, -0.2) is 47.1 Å². The number of sulfonamides is 1. The monoisotopic (exact) mass is 666 g/mol. The first-order valence-electron chi connectivity index (χ1n) is 15.1. The predicted octanol–water partition coefficient (Wildman–Crippen LogP) is 6.34. The summed E-state index contributed by atoms with van der Waals surface area (Å²) in [5, 5.41) is 6.25. The van der Waals surface area contributed by atoms with E-state index in [9.17, 15) is 13.2 Å². The Hall–Kier alpha value is -4.69. The maximum Gasteiger partial charge on any atom is 0.407 e. The zero-order chi connectivity index (χ0) is 33.6. The van der Waals surface area contributed by atoms with Gasteiger partial charge in [0.2, 0.25) is 27.7 Å². The molecule has 2 aromatic heterocycles. The number of pyridine rings is 1. The molecule has 248 valence electrons. The zero-order valence-corrected chi connectivity index (χ0v) is 27.0. The van der Waals surface area contributed by atoms with E-state index in [1.54, 1.807) is 54.7 Å². The fourth-order valence-electron chi connectivity index (χ4n) is 5.04. The van der Waals surface area contributed by atoms with Crippen LogP contribution in [0.5, 0.6) is 11.6 Å². The summed E-state index contributed by atoms with van der Waals surface area (Å²) < 4.78 is 69.1. The molecule has 0 aliphatic heterocycles. The SMILES string of the molecule is CC(C)(C)OC(=O)NC1CCC(Nc2nccc(-c3cccnc3Oc3ccc(S(=O)(=O)NCc4ccccc4)c(F)c3F)n2)CC1. The summed E-state index contributed by atoms with van der Waals surface area (Å²) in [6, 6.07) is 15.6. The topological polar surface area (TPSA) is 144 Å². The number of halogens is 2. The Labute approximate surface area is 272 Å². The van der Waals surface area contributed by atoms with Gasteiger partial charge in [-0.25, -0.2) is 37.3 Å². The summed E-state index contributed by atoms with van der Waals surface area (Å²) in [6.45, 7) is 5.36. The number of nitrogens with one attached hydrogen (secondary N) is 3. The van der Waals surface area contributed by atoms with Gasteiger partial charge in [0.05, 0.1) is 11.3 Å². The van der Waals surface area contributed by atoms with E-state index in [2.05, 4.69) is 30.3 Å². The van der Waals surface area contributed by atoms with Crippen molar-refractivity contribution in [3.63, 3.8) is 0 Å². The van der Waals surface area contributed by atoms with Crippen LogP contribution in [0.1, 0.15) is 52.0 Å². The number of carbonyl (C=O) groups excluding carboxylic acids is 1. The molecule has 1 amide bonds. The van der Waals surface area contributed by atoms with E-state index in [4.69, 9.17) is 9.47 Å². The summed E-state index contributed by atoms with van der Waals surface area (Å²) in [6.07, 6.45) is 5.59. The molecule has 47 heavy (non-hydrogen) atoms. The van der Waals surface area contributed by atoms with E-state index in [-0.39, 0.29) is 24.5 Å². The third kappa shape index (κ3) is 8.98. The number of hydrogen-bond donors (Lipinski definition) is 3. The minimum atomic E-state index is -4.37. The van der Waals surface area contributed by atoms with Crippen molar-refractivity contribution in [3.8, 4) is 22.9 Å². The van der Waals surface area contributed by atoms with E-state index >= 15 is 8.78 Å². The molecule has 0 radical (unpaired) electrons. The highest BCUT2D eigenvalue weighted by atomic mass is 32.2. The molecule has 2 heterocycles. The quantitative estimate of drug-likeness (QED) is 0.177. The molecule has 1 aliphatic carbocycles. The lowest BCUT2D eigenvalue weighted by atomic mass is 9.91. The average Bonchev–Trinajstić information content (AvgIpc) is 3.03. The highest BCUT2D eigenvalue weighted by Crippen LogP contribution is 2.34. The van der Waals surface area contributed by atoms with Crippen LogP contribution in [0.25, 0.3) is 11.3 Å². The van der Waals surface area contributed by atoms with Crippen molar-refractivity contribution in [1.82, 2.24) is 25.0 Å². The second kappa shape index (κ2) is 14.4. The predicted molar refractivity (Wildman–Crippen MR) is 171 cm³/mol. The summed E-state index contributed by atoms with van der Waals surface area (Å²) in [7, 11) is -4.37. The molecule has 4 aromatic rings. The summed E-state index contributed by atoms with van der Waals surface area (Å²) in [4.78, 5) is 24.4. The standard InChI is InChI=1S/C33H36F2N6O5S/c1-33(2,3)46-32(42)40-23-13-11-22(12-14-23)39-31-37-19-17-25(41-31)24-10-7-18-36-30(24)45-26-15-16-27(29(35)28(26)34)47(43,44)38-20-21-8-5-4-6-9-21/h4-10,15-19,22-23,38H,11-14,20H2,1-3H3,(H,40,42)(H,37,39,41). The number of alkyl carbamates (subject to hydrolysis) is 1. The Kier molecular flexibility index (Phi) is 10.3. The number of ether oxygens (including phenoxy) is 2. The van der Waals surface area contributed by atoms with Crippen LogP contribution in [0.4, 0.5) is 19.5 Å². The van der Waals surface area contributed by atoms with Gasteiger partial charge >= 0.3 is 6.09 Å². The second-order valence-electron chi connectivity index (χ2n) is 12.1. The first kappa shape index (κ1) is 33.7. The molecule has 0 atom stereocenters. The minimum Gasteiger partial charge on any atom is -0.444 e. The molecule has 2 aromatic carbocycles. The van der Waals surface area contributed by atoms with Crippen LogP contribution >= 0.6 is 0 Å². The van der Waals surface area contributed by atoms with Gasteiger partial charge in [0.15, 0.2) is 11.6 Å². The Morgan fingerprint density at radius 3 is 2.34 bits per heavy atom. The first-order chi connectivity index (χ1) is 22.4. The highest BCUT2D eigenvalue weighted by Gasteiger charge is 2.27. The van der Waals surface area contributed by atoms with Crippen molar-refractivity contribution in [1.29, 1.82) is 0 Å². The smallest absolute Gasteiger partial charge is 0.407 e. The number of amides is 1. The fourth-order valence-corrected chi connectivity index (χ4v) is 6.13. The molecule has 0 bridgehead atoms. The van der Waals surface area contributed by atoms with Gasteiger partial charge in [-0.05, 0) is 82.3 Å². The number of benzene rings is 2. The Morgan fingerprint density at radius 1 is 0.894 bits per heavy atom. The van der Waals surface area contributed by atoms with E-state index in [0.29, 0.717) is 22.8 Å². The lowest BCUT2D eigenvalue weighted by Crippen LogP contribution is -2.42. The van der Waals surface area contributed by atoms with E-state index in [0.717, 1.165) is 37.8 Å². The zero-order valence-electron chi connectivity index (χ0n) is 26.2. The van der Waals surface area contributed by atoms with Crippen molar-refractivity contribution in [2.24, 2.45) is 0 Å². The molecule has 0 saturated heterocycles. The summed E-state index contributed by atoms with van der Waals surface area (Å²) >= 11 is 0. The van der Waals surface area contributed by atoms with Crippen LogP contribution in [0.3, 0.4) is 0 Å². The third-order valence-corrected chi connectivity index (χ3v) is 8.72. The number of hydrogen-bond acceptors (Lipinski definition) is 9. The molecule has 1 saturated carbocycles. The highest BCUT2D eigenvalue weighted by molar-refractivity contribution is 7.89. The van der Waals surface area contributed by atoms with Crippen molar-refractivity contribution in [2.45, 2.75) is 75.6 Å². The molecule has 5 rings (SSSR count). The summed E-state index contributed by atoms with van der Waals surface area (Å²) in [5.74, 6) is -3.32. The van der Waals surface area contributed by atoms with Gasteiger partial charge in [0.25, 0.3) is 0 Å². The van der Waals surface area contributed by atoms with Crippen LogP contribution in [0.15, 0.2) is 78.0 Å². The van der Waals surface area contributed by atoms with Gasteiger partial charge < -0.3 is 20.1 Å². The van der Waals surface area contributed by atoms with Gasteiger partial charge in [0, 0.05) is 31.0 Å². The second-order valence-corrected chi connectivity index (χ2v) is 13.8. The Balaban J connectivity index is 1.25. The lowest BCUT2D eigenvalue weighted by molar-refractivity contribution is 0.0492. The molecule has 3 N–H and O–H groups in total. The number of aromatic nitrogens is 3. The molecule has 11 nitrogen and oxygen atoms in total. The van der Waals surface area contributed by atoms with Crippen LogP contribution < -0.4 is 20.1 Å². The molecule has 1 fully saturated rings. The van der Waals surface area contributed by atoms with E-state index < -0.39 is 44.0 Å². The van der Waals surface area contributed by atoms with E-state index in [1.807, 2.05) is 20.8 Å². The Bertz CT molecular complexity index is 1810. The first-order valence-corrected chi connectivity index (χ1v) is 16.6. The Morgan fingerprint density at radius 2 is 1.62 bits per heavy atom. The van der Waals surface area contributed by atoms with Crippen LogP contribution in [-0.2, 0) is 21.3 Å². The van der Waals surface area contributed by atoms with Crippen molar-refractivity contribution >= 4 is 22.1 Å². The van der Waals surface area contributed by atoms with E-state index in [1.165, 1.54) is 6.20 Å². The van der Waals surface area contributed by atoms with Gasteiger partial charge in [-0.1, -0.05) is 30.3 Å². The molecular formula is C33H36F2N6O5S. The number of carbonyl (C=O) groups is 1. The molecule has 0 spiro atoms. The van der Waals surface area contributed by atoms with Gasteiger partial charge in [0.1, 0.15) is 10.5 Å². The largest absolute Gasteiger partial charge is 0.444 e. The average molecular weight is 667 g/mol. The van der Waals surface area contributed by atoms with Gasteiger partial charge in [-0.15, -0.1) is 0 Å². The number of anilines is 1. The number of nitrogens with zero attached hydrogens (tertiary/aromatic N) is 3. The molecule has 1 aliphatic rings. The normalized spacial score (nSPS) is 16.7. The third-order valence-electron chi connectivity index (χ3n) is 7.30. The van der Waals surface area contributed by atoms with Crippen LogP contribution in [0.2, 0.25) is 0 Å². The fraction of sp³-hybridized carbons (Fsp3) is 0.333. The summed E-state index contributed by atoms with van der Waals surface area (Å²) in [5.41, 5.74) is 0.881. The molecular weight excluding hydrogens is 630 g/mol. The minimum absolute atomic E-state index is 0.00945. The lowest BCUT2D eigenvalue weighted by Gasteiger charge is -2.30. The van der Waals surface area contributed by atoms with Gasteiger partial charge in [-0.3, -0.25) is 0 Å². The van der Waals surface area contributed by atoms with Gasteiger partial charge in [-0.2, -0.15) is 4.39 Å². The maximum atomic E-state index is 15.2. The number of rotatable bonds is 10. The maximum absolute atomic E-state index is 15.2. The molecule has 0 unspecified atom stereocenters.